The number of ether oxygens (including phenoxy) is 1. The van der Waals surface area contributed by atoms with Gasteiger partial charge in [-0.2, -0.15) is 0 Å². The Morgan fingerprint density at radius 3 is 2.40 bits per heavy atom. The van der Waals surface area contributed by atoms with Crippen LogP contribution in [0.5, 0.6) is 5.75 Å². The Morgan fingerprint density at radius 1 is 1.13 bits per heavy atom. The molecule has 0 aliphatic carbocycles. The van der Waals surface area contributed by atoms with Crippen molar-refractivity contribution in [2.75, 3.05) is 33.8 Å². The summed E-state index contributed by atoms with van der Waals surface area (Å²) in [7, 11) is 3.81. The summed E-state index contributed by atoms with van der Waals surface area (Å²) in [6.07, 6.45) is 1.64. The van der Waals surface area contributed by atoms with Crippen LogP contribution in [-0.2, 0) is 9.59 Å². The molecule has 1 atom stereocenters. The van der Waals surface area contributed by atoms with Gasteiger partial charge < -0.3 is 19.6 Å². The number of amides is 1. The lowest BCUT2D eigenvalue weighted by Crippen LogP contribution is -2.35. The standard InChI is InChI=1S/C24H26N2O4/c1-4-16-30-19-12-10-18(11-13-19)22(27)20-21(17-8-6-5-7-9-17)26(15-14-25(2)3)24(29)23(20)28/h4-13,21,27H,1,14-16H2,2-3H3/b22-20+/t21-/m0/s1. The highest BCUT2D eigenvalue weighted by molar-refractivity contribution is 6.46. The second-order valence-corrected chi connectivity index (χ2v) is 7.33. The van der Waals surface area contributed by atoms with E-state index in [4.69, 9.17) is 4.74 Å². The van der Waals surface area contributed by atoms with Gasteiger partial charge in [-0.25, -0.2) is 0 Å². The van der Waals surface area contributed by atoms with Crippen molar-refractivity contribution in [3.63, 3.8) is 0 Å². The number of carbonyl (C=O) groups excluding carboxylic acids is 2. The van der Waals surface area contributed by atoms with Gasteiger partial charge in [-0.05, 0) is 43.9 Å². The van der Waals surface area contributed by atoms with Gasteiger partial charge in [0.05, 0.1) is 11.6 Å². The molecule has 3 rings (SSSR count). The zero-order chi connectivity index (χ0) is 21.7. The molecule has 30 heavy (non-hydrogen) atoms. The third-order valence-electron chi connectivity index (χ3n) is 4.94. The lowest BCUT2D eigenvalue weighted by atomic mass is 9.95. The predicted molar refractivity (Wildman–Crippen MR) is 116 cm³/mol. The summed E-state index contributed by atoms with van der Waals surface area (Å²) in [5.41, 5.74) is 1.33. The number of likely N-dealkylation sites (tertiary alicyclic amines) is 1. The summed E-state index contributed by atoms with van der Waals surface area (Å²) >= 11 is 0. The first-order chi connectivity index (χ1) is 14.4. The van der Waals surface area contributed by atoms with Crippen LogP contribution in [0.3, 0.4) is 0 Å². The Kier molecular flexibility index (Phi) is 6.69. The van der Waals surface area contributed by atoms with E-state index in [1.54, 1.807) is 30.3 Å². The van der Waals surface area contributed by atoms with Crippen LogP contribution in [0.2, 0.25) is 0 Å². The van der Waals surface area contributed by atoms with Crippen LogP contribution in [-0.4, -0.2) is 60.4 Å². The van der Waals surface area contributed by atoms with E-state index < -0.39 is 17.7 Å². The van der Waals surface area contributed by atoms with Crippen molar-refractivity contribution in [1.29, 1.82) is 0 Å². The molecule has 0 bridgehead atoms. The normalized spacial score (nSPS) is 18.1. The molecule has 1 saturated heterocycles. The molecule has 6 nitrogen and oxygen atoms in total. The first kappa shape index (κ1) is 21.3. The van der Waals surface area contributed by atoms with Crippen LogP contribution in [0.25, 0.3) is 5.76 Å². The zero-order valence-electron chi connectivity index (χ0n) is 17.2. The molecular weight excluding hydrogens is 380 g/mol. The van der Waals surface area contributed by atoms with E-state index in [0.29, 0.717) is 31.0 Å². The number of carbonyl (C=O) groups is 2. The highest BCUT2D eigenvalue weighted by atomic mass is 16.5. The summed E-state index contributed by atoms with van der Waals surface area (Å²) < 4.78 is 5.47. The average Bonchev–Trinajstić information content (AvgIpc) is 3.01. The molecule has 1 fully saturated rings. The van der Waals surface area contributed by atoms with E-state index in [2.05, 4.69) is 6.58 Å². The number of benzene rings is 2. The molecule has 1 amide bonds. The van der Waals surface area contributed by atoms with Crippen LogP contribution in [0.1, 0.15) is 17.2 Å². The van der Waals surface area contributed by atoms with Crippen LogP contribution < -0.4 is 4.74 Å². The Bertz CT molecular complexity index is 949. The Hall–Kier alpha value is -3.38. The van der Waals surface area contributed by atoms with Gasteiger partial charge in [-0.1, -0.05) is 43.0 Å². The molecule has 0 saturated carbocycles. The first-order valence-corrected chi connectivity index (χ1v) is 9.76. The fraction of sp³-hybridized carbons (Fsp3) is 0.250. The monoisotopic (exact) mass is 406 g/mol. The summed E-state index contributed by atoms with van der Waals surface area (Å²) in [5.74, 6) is -0.840. The number of hydrogen-bond acceptors (Lipinski definition) is 5. The molecular formula is C24H26N2O4. The van der Waals surface area contributed by atoms with Gasteiger partial charge in [0, 0.05) is 18.7 Å². The van der Waals surface area contributed by atoms with Gasteiger partial charge in [-0.15, -0.1) is 0 Å². The molecule has 2 aromatic rings. The van der Waals surface area contributed by atoms with Gasteiger partial charge >= 0.3 is 0 Å². The topological polar surface area (TPSA) is 70.1 Å². The minimum atomic E-state index is -0.674. The van der Waals surface area contributed by atoms with Crippen molar-refractivity contribution < 1.29 is 19.4 Å². The van der Waals surface area contributed by atoms with Gasteiger partial charge in [0.15, 0.2) is 0 Å². The van der Waals surface area contributed by atoms with Crippen LogP contribution in [0.15, 0.2) is 72.8 Å². The SMILES string of the molecule is C=CCOc1ccc(/C(O)=C2\C(=O)C(=O)N(CCN(C)C)[C@H]2c2ccccc2)cc1. The van der Waals surface area contributed by atoms with E-state index >= 15 is 0 Å². The number of Topliss-reactive ketones (excluding diaryl/α,β-unsaturated/α-hetero) is 1. The van der Waals surface area contributed by atoms with Crippen LogP contribution >= 0.6 is 0 Å². The quantitative estimate of drug-likeness (QED) is 0.315. The maximum absolute atomic E-state index is 12.9. The van der Waals surface area contributed by atoms with Crippen molar-refractivity contribution in [2.45, 2.75) is 6.04 Å². The molecule has 0 radical (unpaired) electrons. The molecule has 156 valence electrons. The van der Waals surface area contributed by atoms with Gasteiger partial charge in [0.2, 0.25) is 0 Å². The molecule has 0 spiro atoms. The van der Waals surface area contributed by atoms with Crippen LogP contribution in [0.4, 0.5) is 0 Å². The van der Waals surface area contributed by atoms with Gasteiger partial charge in [0.1, 0.15) is 18.1 Å². The van der Waals surface area contributed by atoms with Crippen molar-refractivity contribution >= 4 is 17.4 Å². The van der Waals surface area contributed by atoms with Gasteiger partial charge in [-0.3, -0.25) is 9.59 Å². The molecule has 1 heterocycles. The van der Waals surface area contributed by atoms with Crippen molar-refractivity contribution in [3.05, 3.63) is 84.0 Å². The fourth-order valence-corrected chi connectivity index (χ4v) is 3.42. The highest BCUT2D eigenvalue weighted by Gasteiger charge is 2.45. The number of nitrogens with zero attached hydrogens (tertiary/aromatic N) is 2. The fourth-order valence-electron chi connectivity index (χ4n) is 3.42. The van der Waals surface area contributed by atoms with Crippen molar-refractivity contribution in [3.8, 4) is 5.75 Å². The largest absolute Gasteiger partial charge is 0.507 e. The van der Waals surface area contributed by atoms with Crippen molar-refractivity contribution in [1.82, 2.24) is 9.80 Å². The number of aliphatic hydroxyl groups excluding tert-OH is 1. The highest BCUT2D eigenvalue weighted by Crippen LogP contribution is 2.39. The number of likely N-dealkylation sites (N-methyl/N-ethyl adjacent to an activating group) is 1. The van der Waals surface area contributed by atoms with E-state index in [1.807, 2.05) is 49.3 Å². The van der Waals surface area contributed by atoms with E-state index in [1.165, 1.54) is 4.90 Å². The van der Waals surface area contributed by atoms with E-state index in [-0.39, 0.29) is 11.3 Å². The second kappa shape index (κ2) is 9.41. The van der Waals surface area contributed by atoms with E-state index in [0.717, 1.165) is 5.56 Å². The smallest absolute Gasteiger partial charge is 0.295 e. The Labute approximate surface area is 176 Å². The molecule has 6 heteroatoms. The first-order valence-electron chi connectivity index (χ1n) is 9.76. The minimum Gasteiger partial charge on any atom is -0.507 e. The summed E-state index contributed by atoms with van der Waals surface area (Å²) in [5, 5.41) is 11.0. The summed E-state index contributed by atoms with van der Waals surface area (Å²) in [6, 6.07) is 15.4. The predicted octanol–water partition coefficient (Wildman–Crippen LogP) is 3.23. The van der Waals surface area contributed by atoms with E-state index in [9.17, 15) is 14.7 Å². The second-order valence-electron chi connectivity index (χ2n) is 7.33. The molecule has 0 aromatic heterocycles. The van der Waals surface area contributed by atoms with Crippen molar-refractivity contribution in [2.24, 2.45) is 0 Å². The number of rotatable bonds is 8. The summed E-state index contributed by atoms with van der Waals surface area (Å²) in [6.45, 7) is 4.96. The Morgan fingerprint density at radius 2 is 1.80 bits per heavy atom. The molecule has 1 aliphatic rings. The molecule has 1 N–H and O–H groups in total. The third-order valence-corrected chi connectivity index (χ3v) is 4.94. The minimum absolute atomic E-state index is 0.102. The Balaban J connectivity index is 2.03. The van der Waals surface area contributed by atoms with Gasteiger partial charge in [0.25, 0.3) is 11.7 Å². The molecule has 1 aliphatic heterocycles. The van der Waals surface area contributed by atoms with Crippen LogP contribution in [0, 0.1) is 0 Å². The number of hydrogen-bond donors (Lipinski definition) is 1. The third kappa shape index (κ3) is 4.44. The lowest BCUT2D eigenvalue weighted by Gasteiger charge is -2.26. The average molecular weight is 406 g/mol. The molecule has 2 aromatic carbocycles. The zero-order valence-corrected chi connectivity index (χ0v) is 17.2. The number of ketones is 1. The summed E-state index contributed by atoms with van der Waals surface area (Å²) in [4.78, 5) is 29.2. The number of aliphatic hydroxyl groups is 1. The maximum atomic E-state index is 12.9. The lowest BCUT2D eigenvalue weighted by molar-refractivity contribution is -0.140. The maximum Gasteiger partial charge on any atom is 0.295 e. The molecule has 0 unspecified atom stereocenters.